The van der Waals surface area contributed by atoms with Crippen molar-refractivity contribution in [2.45, 2.75) is 6.92 Å². The van der Waals surface area contributed by atoms with E-state index in [0.29, 0.717) is 5.30 Å². The van der Waals surface area contributed by atoms with Crippen LogP contribution >= 0.6 is 8.03 Å². The van der Waals surface area contributed by atoms with Gasteiger partial charge in [0.15, 0.2) is 0 Å². The van der Waals surface area contributed by atoms with Crippen LogP contribution in [0.4, 0.5) is 0 Å². The Morgan fingerprint density at radius 1 is 1.38 bits per heavy atom. The van der Waals surface area contributed by atoms with Crippen molar-refractivity contribution in [3.63, 3.8) is 0 Å². The lowest BCUT2D eigenvalue weighted by atomic mass is 10.2. The Morgan fingerprint density at radius 3 is 2.56 bits per heavy atom. The van der Waals surface area contributed by atoms with E-state index in [1.54, 1.807) is 31.2 Å². The molecule has 88 valence electrons. The fourth-order valence-corrected chi connectivity index (χ4v) is 2.16. The Balaban J connectivity index is 2.45. The van der Waals surface area contributed by atoms with E-state index in [0.717, 1.165) is 0 Å². The number of hydrogen-bond acceptors (Lipinski definition) is 4. The third-order valence-corrected chi connectivity index (χ3v) is 3.31. The third kappa shape index (κ3) is 3.80. The van der Waals surface area contributed by atoms with Crippen molar-refractivity contribution in [2.75, 3.05) is 13.7 Å². The highest BCUT2D eigenvalue weighted by molar-refractivity contribution is 7.48. The Labute approximate surface area is 95.4 Å². The minimum atomic E-state index is -2.26. The van der Waals surface area contributed by atoms with Gasteiger partial charge >= 0.3 is 5.97 Å². The summed E-state index contributed by atoms with van der Waals surface area (Å²) in [5, 5.41) is 0.657. The molecule has 0 fully saturated rings. The fourth-order valence-electron chi connectivity index (χ4n) is 1.13. The Bertz CT molecular complexity index is 364. The maximum Gasteiger partial charge on any atom is 0.310 e. The fraction of sp³-hybridized carbons (Fsp3) is 0.364. The minimum Gasteiger partial charge on any atom is -0.469 e. The number of carbonyl (C=O) groups is 1. The molecule has 0 aliphatic heterocycles. The molecular weight excluding hydrogens is 227 g/mol. The zero-order chi connectivity index (χ0) is 12.0. The summed E-state index contributed by atoms with van der Waals surface area (Å²) < 4.78 is 21.4. The number of methoxy groups -OCH3 is 1. The SMILES string of the molecule is COC(=O)C(C)CO[PH](=O)c1ccccc1. The van der Waals surface area contributed by atoms with Gasteiger partial charge in [0.25, 0.3) is 0 Å². The lowest BCUT2D eigenvalue weighted by Gasteiger charge is -2.09. The first-order valence-electron chi connectivity index (χ1n) is 4.95. The minimum absolute atomic E-state index is 0.110. The van der Waals surface area contributed by atoms with Crippen LogP contribution in [-0.4, -0.2) is 19.7 Å². The Hall–Kier alpha value is -1.12. The summed E-state index contributed by atoms with van der Waals surface area (Å²) in [5.74, 6) is -0.759. The van der Waals surface area contributed by atoms with Crippen LogP contribution in [0.15, 0.2) is 30.3 Å². The molecule has 5 heteroatoms. The Morgan fingerprint density at radius 2 is 2.00 bits per heavy atom. The molecule has 0 N–H and O–H groups in total. The highest BCUT2D eigenvalue weighted by Crippen LogP contribution is 2.22. The van der Waals surface area contributed by atoms with E-state index < -0.39 is 13.9 Å². The van der Waals surface area contributed by atoms with Gasteiger partial charge in [0, 0.05) is 5.30 Å². The van der Waals surface area contributed by atoms with Gasteiger partial charge < -0.3 is 9.26 Å². The average molecular weight is 242 g/mol. The van der Waals surface area contributed by atoms with Gasteiger partial charge in [-0.1, -0.05) is 18.2 Å². The third-order valence-electron chi connectivity index (χ3n) is 2.08. The van der Waals surface area contributed by atoms with Crippen LogP contribution in [0, 0.1) is 5.92 Å². The van der Waals surface area contributed by atoms with Gasteiger partial charge in [-0.15, -0.1) is 0 Å². The van der Waals surface area contributed by atoms with Gasteiger partial charge in [0.2, 0.25) is 8.03 Å². The highest BCUT2D eigenvalue weighted by Gasteiger charge is 2.14. The molecule has 0 aliphatic rings. The second-order valence-corrected chi connectivity index (χ2v) is 4.83. The van der Waals surface area contributed by atoms with Gasteiger partial charge in [-0.25, -0.2) is 0 Å². The van der Waals surface area contributed by atoms with E-state index in [1.807, 2.05) is 6.07 Å². The molecule has 0 heterocycles. The van der Waals surface area contributed by atoms with Crippen LogP contribution in [0.2, 0.25) is 0 Å². The number of carbonyl (C=O) groups excluding carboxylic acids is 1. The summed E-state index contributed by atoms with van der Waals surface area (Å²) >= 11 is 0. The predicted octanol–water partition coefficient (Wildman–Crippen LogP) is 1.61. The van der Waals surface area contributed by atoms with Crippen LogP contribution in [0.3, 0.4) is 0 Å². The molecule has 0 saturated heterocycles. The van der Waals surface area contributed by atoms with Crippen molar-refractivity contribution in [2.24, 2.45) is 5.92 Å². The quantitative estimate of drug-likeness (QED) is 0.581. The van der Waals surface area contributed by atoms with E-state index in [-0.39, 0.29) is 12.6 Å². The molecule has 1 aromatic rings. The topological polar surface area (TPSA) is 52.6 Å². The largest absolute Gasteiger partial charge is 0.469 e. The lowest BCUT2D eigenvalue weighted by molar-refractivity contribution is -0.145. The van der Waals surface area contributed by atoms with Crippen molar-refractivity contribution < 1.29 is 18.6 Å². The van der Waals surface area contributed by atoms with Gasteiger partial charge in [-0.3, -0.25) is 9.36 Å². The average Bonchev–Trinajstić information content (AvgIpc) is 2.35. The molecule has 0 radical (unpaired) electrons. The standard InChI is InChI=1S/C11H15O4P/c1-9(11(12)14-2)8-15-16(13)10-6-4-3-5-7-10/h3-7,9,16H,8H2,1-2H3. The van der Waals surface area contributed by atoms with Crippen LogP contribution in [-0.2, 0) is 18.6 Å². The molecule has 1 aromatic carbocycles. The molecule has 0 saturated carbocycles. The van der Waals surface area contributed by atoms with Crippen molar-refractivity contribution in [3.05, 3.63) is 30.3 Å². The van der Waals surface area contributed by atoms with Crippen LogP contribution < -0.4 is 5.30 Å². The van der Waals surface area contributed by atoms with E-state index in [1.165, 1.54) is 7.11 Å². The number of rotatable bonds is 5. The summed E-state index contributed by atoms with van der Waals surface area (Å²) in [7, 11) is -0.943. The van der Waals surface area contributed by atoms with E-state index in [2.05, 4.69) is 4.74 Å². The zero-order valence-electron chi connectivity index (χ0n) is 9.30. The summed E-state index contributed by atoms with van der Waals surface area (Å²) in [4.78, 5) is 11.1. The van der Waals surface area contributed by atoms with Gasteiger partial charge in [0.05, 0.1) is 19.6 Å². The van der Waals surface area contributed by atoms with E-state index in [9.17, 15) is 9.36 Å². The molecule has 0 amide bonds. The number of benzene rings is 1. The van der Waals surface area contributed by atoms with Crippen molar-refractivity contribution in [1.82, 2.24) is 0 Å². The maximum absolute atomic E-state index is 11.7. The smallest absolute Gasteiger partial charge is 0.310 e. The lowest BCUT2D eigenvalue weighted by Crippen LogP contribution is -2.17. The van der Waals surface area contributed by atoms with Gasteiger partial charge in [0.1, 0.15) is 0 Å². The first-order chi connectivity index (χ1) is 7.65. The molecule has 0 aromatic heterocycles. The normalized spacial score (nSPS) is 14.1. The molecule has 0 spiro atoms. The zero-order valence-corrected chi connectivity index (χ0v) is 10.3. The molecule has 16 heavy (non-hydrogen) atoms. The molecular formula is C11H15O4P. The van der Waals surface area contributed by atoms with E-state index >= 15 is 0 Å². The molecule has 0 bridgehead atoms. The summed E-state index contributed by atoms with van der Waals surface area (Å²) in [5.41, 5.74) is 0. The number of hydrogen-bond donors (Lipinski definition) is 0. The molecule has 0 aliphatic carbocycles. The first kappa shape index (κ1) is 12.9. The van der Waals surface area contributed by atoms with Crippen LogP contribution in [0.25, 0.3) is 0 Å². The number of esters is 1. The predicted molar refractivity (Wildman–Crippen MR) is 62.2 cm³/mol. The monoisotopic (exact) mass is 242 g/mol. The first-order valence-corrected chi connectivity index (χ1v) is 6.26. The summed E-state index contributed by atoms with van der Waals surface area (Å²) in [6.45, 7) is 1.78. The van der Waals surface area contributed by atoms with Gasteiger partial charge in [-0.2, -0.15) is 0 Å². The van der Waals surface area contributed by atoms with Crippen molar-refractivity contribution >= 4 is 19.3 Å². The molecule has 2 atom stereocenters. The van der Waals surface area contributed by atoms with Crippen LogP contribution in [0.1, 0.15) is 6.92 Å². The second-order valence-electron chi connectivity index (χ2n) is 3.39. The van der Waals surface area contributed by atoms with Crippen LogP contribution in [0.5, 0.6) is 0 Å². The van der Waals surface area contributed by atoms with E-state index in [4.69, 9.17) is 4.52 Å². The van der Waals surface area contributed by atoms with Gasteiger partial charge in [-0.05, 0) is 19.1 Å². The Kier molecular flexibility index (Phi) is 5.23. The molecule has 4 nitrogen and oxygen atoms in total. The van der Waals surface area contributed by atoms with Crippen molar-refractivity contribution in [3.8, 4) is 0 Å². The molecule has 2 unspecified atom stereocenters. The highest BCUT2D eigenvalue weighted by atomic mass is 31.1. The summed E-state index contributed by atoms with van der Waals surface area (Å²) in [6, 6.07) is 8.92. The second kappa shape index (κ2) is 6.46. The summed E-state index contributed by atoms with van der Waals surface area (Å²) in [6.07, 6.45) is 0. The maximum atomic E-state index is 11.7. The van der Waals surface area contributed by atoms with Crippen molar-refractivity contribution in [1.29, 1.82) is 0 Å². The number of ether oxygens (including phenoxy) is 1. The molecule has 1 rings (SSSR count).